The van der Waals surface area contributed by atoms with E-state index in [1.807, 2.05) is 0 Å². The maximum atomic E-state index is 11.8. The molecule has 0 spiro atoms. The van der Waals surface area contributed by atoms with Gasteiger partial charge in [0.15, 0.2) is 11.5 Å². The number of hydrogen-bond acceptors (Lipinski definition) is 7. The molecule has 10 heteroatoms. The Bertz CT molecular complexity index is 754. The third-order valence-electron chi connectivity index (χ3n) is 3.30. The molecule has 3 heterocycles. The highest BCUT2D eigenvalue weighted by molar-refractivity contribution is 7.89. The van der Waals surface area contributed by atoms with Crippen LogP contribution in [0.15, 0.2) is 6.20 Å². The quantitative estimate of drug-likeness (QED) is 0.561. The molecule has 3 rings (SSSR count). The van der Waals surface area contributed by atoms with Gasteiger partial charge in [-0.25, -0.2) is 24.2 Å². The zero-order chi connectivity index (χ0) is 14.3. The molecular formula is C10H15N7O2S. The van der Waals surface area contributed by atoms with Crippen LogP contribution in [0.4, 0.5) is 5.82 Å². The first-order valence-corrected chi connectivity index (χ1v) is 7.75. The second kappa shape index (κ2) is 4.65. The van der Waals surface area contributed by atoms with Gasteiger partial charge in [0.2, 0.25) is 10.0 Å². The van der Waals surface area contributed by atoms with Crippen LogP contribution in [-0.4, -0.2) is 44.8 Å². The minimum atomic E-state index is -3.18. The topological polar surface area (TPSA) is 119 Å². The van der Waals surface area contributed by atoms with Gasteiger partial charge in [-0.3, -0.25) is 4.68 Å². The van der Waals surface area contributed by atoms with Crippen molar-refractivity contribution in [3.8, 4) is 0 Å². The molecule has 0 atom stereocenters. The molecule has 108 valence electrons. The van der Waals surface area contributed by atoms with E-state index >= 15 is 0 Å². The van der Waals surface area contributed by atoms with E-state index in [0.717, 1.165) is 0 Å². The molecule has 1 aliphatic heterocycles. The van der Waals surface area contributed by atoms with Gasteiger partial charge in [0, 0.05) is 13.6 Å². The average molecular weight is 297 g/mol. The fraction of sp³-hybridized carbons (Fsp3) is 0.500. The molecule has 0 amide bonds. The van der Waals surface area contributed by atoms with Crippen LogP contribution >= 0.6 is 0 Å². The van der Waals surface area contributed by atoms with Gasteiger partial charge in [-0.15, -0.1) is 0 Å². The molecule has 3 N–H and O–H groups in total. The lowest BCUT2D eigenvalue weighted by atomic mass is 10.4. The Morgan fingerprint density at radius 1 is 1.45 bits per heavy atom. The van der Waals surface area contributed by atoms with Crippen molar-refractivity contribution in [3.63, 3.8) is 0 Å². The number of aryl methyl sites for hydroxylation is 1. The number of rotatable bonds is 3. The molecule has 20 heavy (non-hydrogen) atoms. The summed E-state index contributed by atoms with van der Waals surface area (Å²) in [5.41, 5.74) is 3.11. The normalized spacial score (nSPS) is 18.7. The monoisotopic (exact) mass is 297 g/mol. The fourth-order valence-corrected chi connectivity index (χ4v) is 3.75. The van der Waals surface area contributed by atoms with Gasteiger partial charge >= 0.3 is 0 Å². The highest BCUT2D eigenvalue weighted by Crippen LogP contribution is 2.21. The summed E-state index contributed by atoms with van der Waals surface area (Å²) in [6.07, 6.45) is 2.25. The van der Waals surface area contributed by atoms with Gasteiger partial charge in [-0.2, -0.15) is 9.40 Å². The molecule has 0 radical (unpaired) electrons. The molecule has 9 nitrogen and oxygen atoms in total. The first-order chi connectivity index (χ1) is 9.51. The van der Waals surface area contributed by atoms with Crippen LogP contribution in [0.2, 0.25) is 0 Å². The average Bonchev–Trinajstić information content (AvgIpc) is 2.93. The predicted molar refractivity (Wildman–Crippen MR) is 72.9 cm³/mol. The number of hydrogen-bond donors (Lipinski definition) is 2. The molecule has 0 aromatic carbocycles. The van der Waals surface area contributed by atoms with Crippen molar-refractivity contribution >= 4 is 26.9 Å². The predicted octanol–water partition coefficient (Wildman–Crippen LogP) is -0.816. The maximum Gasteiger partial charge on any atom is 0.214 e. The number of nitrogens with one attached hydrogen (secondary N) is 1. The van der Waals surface area contributed by atoms with Crippen molar-refractivity contribution in [2.24, 2.45) is 12.9 Å². The SMILES string of the molecule is Cn1ncc2c(NN)nc(CN3CCCS3(=O)=O)nc21. The number of nitrogens with zero attached hydrogens (tertiary/aromatic N) is 5. The third-order valence-corrected chi connectivity index (χ3v) is 5.20. The Balaban J connectivity index is 2.01. The lowest BCUT2D eigenvalue weighted by molar-refractivity contribution is 0.429. The summed E-state index contributed by atoms with van der Waals surface area (Å²) in [5, 5.41) is 4.79. The first-order valence-electron chi connectivity index (χ1n) is 6.14. The van der Waals surface area contributed by atoms with Crippen LogP contribution in [0.1, 0.15) is 12.2 Å². The minimum absolute atomic E-state index is 0.151. The van der Waals surface area contributed by atoms with Crippen LogP contribution < -0.4 is 11.3 Å². The van der Waals surface area contributed by atoms with E-state index < -0.39 is 10.0 Å². The zero-order valence-electron chi connectivity index (χ0n) is 10.9. The highest BCUT2D eigenvalue weighted by atomic mass is 32.2. The molecule has 2 aromatic rings. The number of fused-ring (bicyclic) bond motifs is 1. The Kier molecular flexibility index (Phi) is 3.07. The Morgan fingerprint density at radius 3 is 2.90 bits per heavy atom. The van der Waals surface area contributed by atoms with Crippen molar-refractivity contribution in [1.29, 1.82) is 0 Å². The number of nitrogen functional groups attached to an aromatic ring is 1. The van der Waals surface area contributed by atoms with E-state index in [2.05, 4.69) is 20.5 Å². The smallest absolute Gasteiger partial charge is 0.214 e. The van der Waals surface area contributed by atoms with Gasteiger partial charge in [0.25, 0.3) is 0 Å². The minimum Gasteiger partial charge on any atom is -0.308 e. The maximum absolute atomic E-state index is 11.8. The van der Waals surface area contributed by atoms with Gasteiger partial charge < -0.3 is 5.43 Å². The summed E-state index contributed by atoms with van der Waals surface area (Å²) in [7, 11) is -1.42. The van der Waals surface area contributed by atoms with Crippen LogP contribution in [0.5, 0.6) is 0 Å². The van der Waals surface area contributed by atoms with E-state index in [-0.39, 0.29) is 12.3 Å². The van der Waals surface area contributed by atoms with E-state index in [4.69, 9.17) is 5.84 Å². The van der Waals surface area contributed by atoms with Crippen molar-refractivity contribution in [1.82, 2.24) is 24.1 Å². The van der Waals surface area contributed by atoms with Crippen LogP contribution in [0.3, 0.4) is 0 Å². The summed E-state index contributed by atoms with van der Waals surface area (Å²) in [6.45, 7) is 0.651. The number of anilines is 1. The van der Waals surface area contributed by atoms with E-state index in [1.165, 1.54) is 4.31 Å². The molecule has 2 aromatic heterocycles. The zero-order valence-corrected chi connectivity index (χ0v) is 11.8. The lowest BCUT2D eigenvalue weighted by Crippen LogP contribution is -2.26. The van der Waals surface area contributed by atoms with Crippen molar-refractivity contribution in [3.05, 3.63) is 12.0 Å². The third kappa shape index (κ3) is 2.11. The largest absolute Gasteiger partial charge is 0.308 e. The van der Waals surface area contributed by atoms with Crippen molar-refractivity contribution < 1.29 is 8.42 Å². The highest BCUT2D eigenvalue weighted by Gasteiger charge is 2.29. The molecule has 0 aliphatic carbocycles. The van der Waals surface area contributed by atoms with E-state index in [0.29, 0.717) is 35.6 Å². The molecular weight excluding hydrogens is 282 g/mol. The van der Waals surface area contributed by atoms with Gasteiger partial charge in [0.05, 0.1) is 23.9 Å². The molecule has 0 bridgehead atoms. The summed E-state index contributed by atoms with van der Waals surface area (Å²) < 4.78 is 26.6. The van der Waals surface area contributed by atoms with E-state index in [9.17, 15) is 8.42 Å². The van der Waals surface area contributed by atoms with Crippen molar-refractivity contribution in [2.45, 2.75) is 13.0 Å². The van der Waals surface area contributed by atoms with Crippen LogP contribution in [0, 0.1) is 0 Å². The lowest BCUT2D eigenvalue weighted by Gasteiger charge is -2.13. The second-order valence-corrected chi connectivity index (χ2v) is 6.73. The standard InChI is InChI=1S/C10H15N7O2S/c1-16-10-7(5-12-16)9(15-11)13-8(14-10)6-17-3-2-4-20(17,18)19/h5H,2-4,6,11H2,1H3,(H,13,14,15). The molecule has 1 aliphatic rings. The number of nitrogens with two attached hydrogens (primary N) is 1. The van der Waals surface area contributed by atoms with Gasteiger partial charge in [-0.05, 0) is 6.42 Å². The van der Waals surface area contributed by atoms with Gasteiger partial charge in [-0.1, -0.05) is 0 Å². The summed E-state index contributed by atoms with van der Waals surface area (Å²) in [6, 6.07) is 0. The van der Waals surface area contributed by atoms with Crippen molar-refractivity contribution in [2.75, 3.05) is 17.7 Å². The Hall–Kier alpha value is -1.78. The van der Waals surface area contributed by atoms with E-state index in [1.54, 1.807) is 17.9 Å². The molecule has 1 saturated heterocycles. The van der Waals surface area contributed by atoms with Gasteiger partial charge in [0.1, 0.15) is 5.82 Å². The Morgan fingerprint density at radius 2 is 2.25 bits per heavy atom. The molecule has 0 unspecified atom stereocenters. The molecule has 1 fully saturated rings. The Labute approximate surface area is 115 Å². The van der Waals surface area contributed by atoms with Crippen LogP contribution in [-0.2, 0) is 23.6 Å². The fourth-order valence-electron chi connectivity index (χ4n) is 2.27. The second-order valence-electron chi connectivity index (χ2n) is 4.64. The summed E-state index contributed by atoms with van der Waals surface area (Å²) in [4.78, 5) is 8.62. The summed E-state index contributed by atoms with van der Waals surface area (Å²) >= 11 is 0. The molecule has 0 saturated carbocycles. The van der Waals surface area contributed by atoms with Crippen LogP contribution in [0.25, 0.3) is 11.0 Å². The summed E-state index contributed by atoms with van der Waals surface area (Å²) in [5.74, 6) is 6.47. The number of sulfonamides is 1. The number of hydrazine groups is 1. The first kappa shape index (κ1) is 13.2. The number of aromatic nitrogens is 4.